The first-order valence-electron chi connectivity index (χ1n) is 0. The van der Waals surface area contributed by atoms with Crippen molar-refractivity contribution in [2.75, 3.05) is 0 Å². The van der Waals surface area contributed by atoms with Crippen LogP contribution in [0.3, 0.4) is 0 Å². The van der Waals surface area contributed by atoms with Gasteiger partial charge in [-0.05, 0) is 0 Å². The second-order valence-corrected chi connectivity index (χ2v) is 0. The summed E-state index contributed by atoms with van der Waals surface area (Å²) < 4.78 is 0. The fourth-order valence-electron chi connectivity index (χ4n) is 0. The van der Waals surface area contributed by atoms with Gasteiger partial charge in [0.1, 0.15) is 0 Å². The minimum Gasteiger partial charge on any atom is -2.00 e. The van der Waals surface area contributed by atoms with Crippen molar-refractivity contribution >= 4 is 0 Å². The van der Waals surface area contributed by atoms with Crippen LogP contribution in [0.25, 0.3) is 0 Å². The number of rotatable bonds is 0. The molecule has 0 saturated heterocycles. The summed E-state index contributed by atoms with van der Waals surface area (Å²) in [5.74, 6) is 0. The summed E-state index contributed by atoms with van der Waals surface area (Å²) in [5.41, 5.74) is 0. The molecule has 0 amide bonds. The Balaban J connectivity index is 0. The number of hydrogen-bond acceptors (Lipinski definition) is 0. The van der Waals surface area contributed by atoms with Crippen LogP contribution in [-0.2, 0) is 11.0 Å². The molecule has 0 saturated carbocycles. The van der Waals surface area contributed by atoms with Crippen LogP contribution in [0.1, 0.15) is 0 Å². The minimum atomic E-state index is 0. The molecule has 0 aliphatic carbocycles. The fraction of sp³-hybridized carbons (Fsp3) is 0. The van der Waals surface area contributed by atoms with E-state index in [1.807, 2.05) is 0 Å². The van der Waals surface area contributed by atoms with E-state index in [-0.39, 0.29) is 110 Å². The Hall–Kier alpha value is 3.09. The minimum absolute atomic E-state index is 0. The molecule has 2 nitrogen and oxygen atoms in total. The molecule has 0 radical (unpaired) electrons. The first kappa shape index (κ1) is 27.5. The molecule has 0 aromatic heterocycles. The normalized spacial score (nSPS) is 0. The van der Waals surface area contributed by atoms with Gasteiger partial charge in [-0.15, -0.1) is 0 Å². The summed E-state index contributed by atoms with van der Waals surface area (Å²) in [6.45, 7) is 0. The Labute approximate surface area is 107 Å². The van der Waals surface area contributed by atoms with Gasteiger partial charge in [0.15, 0.2) is 0 Å². The molecule has 4 heteroatoms. The van der Waals surface area contributed by atoms with Crippen molar-refractivity contribution in [2.45, 2.75) is 0 Å². The first-order chi connectivity index (χ1) is 0. The van der Waals surface area contributed by atoms with Crippen molar-refractivity contribution in [1.82, 2.24) is 0 Å². The van der Waals surface area contributed by atoms with Gasteiger partial charge in [-0.25, -0.2) is 0 Å². The molecule has 0 heterocycles. The van der Waals surface area contributed by atoms with Crippen LogP contribution in [0.4, 0.5) is 0 Å². The maximum absolute atomic E-state index is 0. The van der Waals surface area contributed by atoms with Crippen molar-refractivity contribution in [3.63, 3.8) is 0 Å². The zero-order valence-corrected chi connectivity index (χ0v) is 11.0. The van der Waals surface area contributed by atoms with E-state index in [1.54, 1.807) is 0 Å². The molecule has 0 aromatic carbocycles. The molecule has 16 valence electrons. The van der Waals surface area contributed by atoms with E-state index in [9.17, 15) is 0 Å². The predicted octanol–water partition coefficient (Wildman–Crippen LogP) is -3.23. The zero-order chi connectivity index (χ0) is 0. The fourth-order valence-corrected chi connectivity index (χ4v) is 0. The van der Waals surface area contributed by atoms with Crippen LogP contribution in [0.2, 0.25) is 0 Å². The summed E-state index contributed by atoms with van der Waals surface area (Å²) in [5, 5.41) is 0. The zero-order valence-electron chi connectivity index (χ0n) is 2.39. The molecule has 0 rings (SSSR count). The molecule has 0 N–H and O–H groups in total. The van der Waals surface area contributed by atoms with Crippen LogP contribution in [0.5, 0.6) is 0 Å². The van der Waals surface area contributed by atoms with Gasteiger partial charge in [0.25, 0.3) is 0 Å². The molecule has 0 bridgehead atoms. The van der Waals surface area contributed by atoms with Gasteiger partial charge in [0.05, 0.1) is 0 Å². The Kier molecular flexibility index (Phi) is 114. The average Bonchev–Trinajstić information content (AvgIpc) is 0. The second-order valence-electron chi connectivity index (χ2n) is 0. The van der Waals surface area contributed by atoms with Crippen LogP contribution >= 0.6 is 0 Å². The first-order valence-corrected chi connectivity index (χ1v) is 0. The Morgan fingerprint density at radius 3 is 0.750 bits per heavy atom. The average molecular weight is 258 g/mol. The Bertz CT molecular complexity index is 6.00. The third kappa shape index (κ3) is 8.92. The monoisotopic (exact) mass is 258 g/mol. The SMILES string of the molecule is [O-2].[O-2].[Pr+3].[Rb+]. The third-order valence-electron chi connectivity index (χ3n) is 0. The van der Waals surface area contributed by atoms with Crippen LogP contribution in [0.15, 0.2) is 0 Å². The van der Waals surface area contributed by atoms with Crippen LogP contribution < -0.4 is 58.2 Å². The topological polar surface area (TPSA) is 57.0 Å². The molecule has 0 aromatic rings. The van der Waals surface area contributed by atoms with E-state index in [0.717, 1.165) is 0 Å². The van der Waals surface area contributed by atoms with Crippen LogP contribution in [0, 0.1) is 41.3 Å². The quantitative estimate of drug-likeness (QED) is 0.439. The van der Waals surface area contributed by atoms with Gasteiger partial charge in [-0.3, -0.25) is 0 Å². The molecule has 0 atom stereocenters. The standard InChI is InChI=1S/2O.Pr.Rb/q2*-2;+3;+1. The van der Waals surface area contributed by atoms with Crippen LogP contribution in [-0.4, -0.2) is 0 Å². The van der Waals surface area contributed by atoms with Gasteiger partial charge in [0, 0.05) is 0 Å². The summed E-state index contributed by atoms with van der Waals surface area (Å²) in [7, 11) is 0. The van der Waals surface area contributed by atoms with E-state index in [1.165, 1.54) is 0 Å². The van der Waals surface area contributed by atoms with Crippen molar-refractivity contribution in [3.05, 3.63) is 0 Å². The predicted molar refractivity (Wildman–Crippen MR) is 1.37 cm³/mol. The summed E-state index contributed by atoms with van der Waals surface area (Å²) in [4.78, 5) is 0. The smallest absolute Gasteiger partial charge is 2.00 e. The van der Waals surface area contributed by atoms with E-state index in [4.69, 9.17) is 0 Å². The van der Waals surface area contributed by atoms with Gasteiger partial charge in [0.2, 0.25) is 0 Å². The van der Waals surface area contributed by atoms with Crippen molar-refractivity contribution < 1.29 is 110 Å². The molecule has 0 fully saturated rings. The van der Waals surface area contributed by atoms with Crippen molar-refractivity contribution in [2.24, 2.45) is 0 Å². The number of hydrogen-bond donors (Lipinski definition) is 0. The van der Waals surface area contributed by atoms with Gasteiger partial charge < -0.3 is 11.0 Å². The molecule has 0 unspecified atom stereocenters. The maximum Gasteiger partial charge on any atom is 3.00 e. The van der Waals surface area contributed by atoms with E-state index in [0.29, 0.717) is 0 Å². The molecule has 0 spiro atoms. The second kappa shape index (κ2) is 16.5. The largest absolute Gasteiger partial charge is 3.00 e. The molecule has 0 aliphatic rings. The van der Waals surface area contributed by atoms with E-state index >= 15 is 0 Å². The summed E-state index contributed by atoms with van der Waals surface area (Å²) >= 11 is 0. The molecular weight excluding hydrogens is 258 g/mol. The summed E-state index contributed by atoms with van der Waals surface area (Å²) in [6, 6.07) is 0. The van der Waals surface area contributed by atoms with E-state index < -0.39 is 0 Å². The summed E-state index contributed by atoms with van der Waals surface area (Å²) in [6.07, 6.45) is 0. The van der Waals surface area contributed by atoms with Gasteiger partial charge >= 0.3 is 99.5 Å². The van der Waals surface area contributed by atoms with Crippen molar-refractivity contribution in [3.8, 4) is 0 Å². The maximum atomic E-state index is 0. The molecule has 0 aliphatic heterocycles. The Morgan fingerprint density at radius 1 is 0.750 bits per heavy atom. The third-order valence-corrected chi connectivity index (χ3v) is 0. The van der Waals surface area contributed by atoms with Gasteiger partial charge in [-0.2, -0.15) is 0 Å². The molecular formula is O2PrRb. The van der Waals surface area contributed by atoms with E-state index in [2.05, 4.69) is 0 Å². The Morgan fingerprint density at radius 2 is 0.750 bits per heavy atom. The molecule has 4 heavy (non-hydrogen) atoms. The van der Waals surface area contributed by atoms with Gasteiger partial charge in [-0.1, -0.05) is 0 Å². The van der Waals surface area contributed by atoms with Crippen molar-refractivity contribution in [1.29, 1.82) is 0 Å².